The van der Waals surface area contributed by atoms with Gasteiger partial charge in [-0.25, -0.2) is 13.8 Å². The molecule has 2 aromatic carbocycles. The van der Waals surface area contributed by atoms with Crippen LogP contribution < -0.4 is 10.2 Å². The van der Waals surface area contributed by atoms with Crippen LogP contribution in [0.3, 0.4) is 0 Å². The van der Waals surface area contributed by atoms with E-state index in [4.69, 9.17) is 4.74 Å². The lowest BCUT2D eigenvalue weighted by Crippen LogP contribution is -2.36. The lowest BCUT2D eigenvalue weighted by atomic mass is 10.2. The maximum Gasteiger partial charge on any atom is 0.269 e. The minimum atomic E-state index is -3.96. The smallest absolute Gasteiger partial charge is 0.269 e. The summed E-state index contributed by atoms with van der Waals surface area (Å²) in [5.74, 6) is -0.472. The van der Waals surface area contributed by atoms with E-state index < -0.39 is 27.4 Å². The number of carbonyl (C=O) groups is 1. The number of benzene rings is 2. The number of carbonyl (C=O) groups excluding carboxylic acids is 1. The average molecular weight is 420 g/mol. The number of nitrogens with zero attached hydrogens (tertiary/aromatic N) is 3. The summed E-state index contributed by atoms with van der Waals surface area (Å²) in [6.07, 6.45) is 1.29. The molecule has 0 aliphatic heterocycles. The molecular formula is C18H20N4O6S. The molecule has 0 atom stereocenters. The molecule has 0 aromatic heterocycles. The molecule has 0 bridgehead atoms. The highest BCUT2D eigenvalue weighted by molar-refractivity contribution is 7.89. The number of likely N-dealkylation sites (N-methyl/N-ethyl adjacent to an activating group) is 1. The van der Waals surface area contributed by atoms with Gasteiger partial charge in [0.15, 0.2) is 0 Å². The highest BCUT2D eigenvalue weighted by Gasteiger charge is 2.26. The molecule has 1 N–H and O–H groups in total. The summed E-state index contributed by atoms with van der Waals surface area (Å²) in [5, 5.41) is 14.3. The van der Waals surface area contributed by atoms with Gasteiger partial charge in [0.25, 0.3) is 11.6 Å². The summed E-state index contributed by atoms with van der Waals surface area (Å²) in [7, 11) is -1.32. The van der Waals surface area contributed by atoms with E-state index in [0.29, 0.717) is 5.56 Å². The van der Waals surface area contributed by atoms with Crippen molar-refractivity contribution in [3.63, 3.8) is 0 Å². The van der Waals surface area contributed by atoms with Gasteiger partial charge in [0.05, 0.1) is 24.8 Å². The van der Waals surface area contributed by atoms with Crippen LogP contribution >= 0.6 is 0 Å². The molecule has 29 heavy (non-hydrogen) atoms. The molecule has 154 valence electrons. The minimum Gasteiger partial charge on any atom is -0.495 e. The topological polar surface area (TPSA) is 131 Å². The van der Waals surface area contributed by atoms with Gasteiger partial charge in [-0.2, -0.15) is 9.41 Å². The maximum atomic E-state index is 12.8. The van der Waals surface area contributed by atoms with Crippen molar-refractivity contribution in [1.82, 2.24) is 9.73 Å². The van der Waals surface area contributed by atoms with E-state index in [1.54, 1.807) is 19.1 Å². The van der Waals surface area contributed by atoms with Crippen molar-refractivity contribution < 1.29 is 22.9 Å². The van der Waals surface area contributed by atoms with Crippen molar-refractivity contribution in [3.05, 3.63) is 63.7 Å². The molecular weight excluding hydrogens is 400 g/mol. The number of hydrogen-bond donors (Lipinski definition) is 1. The second kappa shape index (κ2) is 9.26. The van der Waals surface area contributed by atoms with Crippen LogP contribution in [0.4, 0.5) is 5.69 Å². The van der Waals surface area contributed by atoms with Crippen LogP contribution in [0.1, 0.15) is 11.1 Å². The molecule has 0 spiro atoms. The molecule has 11 heteroatoms. The zero-order chi connectivity index (χ0) is 21.6. The molecule has 0 radical (unpaired) electrons. The highest BCUT2D eigenvalue weighted by Crippen LogP contribution is 2.27. The molecule has 10 nitrogen and oxygen atoms in total. The predicted molar refractivity (Wildman–Crippen MR) is 106 cm³/mol. The van der Waals surface area contributed by atoms with Crippen molar-refractivity contribution in [2.75, 3.05) is 20.7 Å². The van der Waals surface area contributed by atoms with Gasteiger partial charge in [-0.15, -0.1) is 0 Å². The second-order valence-corrected chi connectivity index (χ2v) is 8.07. The Morgan fingerprint density at radius 3 is 2.52 bits per heavy atom. The second-order valence-electron chi connectivity index (χ2n) is 6.06. The van der Waals surface area contributed by atoms with Gasteiger partial charge in [0.1, 0.15) is 10.6 Å². The van der Waals surface area contributed by atoms with Crippen LogP contribution in [0.5, 0.6) is 5.75 Å². The molecule has 0 aliphatic rings. The molecule has 0 fully saturated rings. The number of rotatable bonds is 8. The molecule has 0 unspecified atom stereocenters. The van der Waals surface area contributed by atoms with Crippen molar-refractivity contribution >= 4 is 27.8 Å². The molecule has 0 aliphatic carbocycles. The third-order valence-electron chi connectivity index (χ3n) is 3.88. The Morgan fingerprint density at radius 1 is 1.28 bits per heavy atom. The SMILES string of the molecule is COc1ccc(C)cc1S(=O)(=O)N(C)CC(=O)N/N=C\c1ccc([N+](=O)[O-])cc1. The summed E-state index contributed by atoms with van der Waals surface area (Å²) in [6.45, 7) is 1.29. The summed E-state index contributed by atoms with van der Waals surface area (Å²) >= 11 is 0. The summed E-state index contributed by atoms with van der Waals surface area (Å²) in [6, 6.07) is 10.3. The number of hydrazone groups is 1. The zero-order valence-electron chi connectivity index (χ0n) is 16.0. The number of nitro groups is 1. The number of nitro benzene ring substituents is 1. The fraction of sp³-hybridized carbons (Fsp3) is 0.222. The molecule has 2 rings (SSSR count). The van der Waals surface area contributed by atoms with Crippen molar-refractivity contribution in [2.24, 2.45) is 5.10 Å². The summed E-state index contributed by atoms with van der Waals surface area (Å²) in [4.78, 5) is 22.1. The van der Waals surface area contributed by atoms with Crippen molar-refractivity contribution in [2.45, 2.75) is 11.8 Å². The summed E-state index contributed by atoms with van der Waals surface area (Å²) in [5.41, 5.74) is 3.42. The van der Waals surface area contributed by atoms with Crippen LogP contribution in [0.15, 0.2) is 52.5 Å². The molecule has 2 aromatic rings. The van der Waals surface area contributed by atoms with Crippen LogP contribution in [-0.4, -0.2) is 50.5 Å². The molecule has 0 saturated heterocycles. The van der Waals surface area contributed by atoms with E-state index in [9.17, 15) is 23.3 Å². The molecule has 0 saturated carbocycles. The fourth-order valence-corrected chi connectivity index (χ4v) is 3.70. The van der Waals surface area contributed by atoms with Gasteiger partial charge in [0, 0.05) is 19.2 Å². The number of ether oxygens (including phenoxy) is 1. The quantitative estimate of drug-likeness (QED) is 0.393. The van der Waals surface area contributed by atoms with E-state index in [1.165, 1.54) is 50.7 Å². The number of non-ortho nitro benzene ring substituents is 1. The summed E-state index contributed by atoms with van der Waals surface area (Å²) < 4.78 is 31.5. The standard InChI is InChI=1S/C18H20N4O6S/c1-13-4-9-16(28-3)17(10-13)29(26,27)21(2)12-18(23)20-19-11-14-5-7-15(8-6-14)22(24)25/h4-11H,12H2,1-3H3,(H,20,23)/b19-11-. The van der Waals surface area contributed by atoms with Crippen LogP contribution in [-0.2, 0) is 14.8 Å². The molecule has 0 heterocycles. The Balaban J connectivity index is 2.02. The Kier molecular flexibility index (Phi) is 7.02. The highest BCUT2D eigenvalue weighted by atomic mass is 32.2. The van der Waals surface area contributed by atoms with Crippen molar-refractivity contribution in [1.29, 1.82) is 0 Å². The number of methoxy groups -OCH3 is 1. The van der Waals surface area contributed by atoms with Crippen molar-refractivity contribution in [3.8, 4) is 5.75 Å². The van der Waals surface area contributed by atoms with Gasteiger partial charge in [0.2, 0.25) is 10.0 Å². The van der Waals surface area contributed by atoms with Gasteiger partial charge in [-0.1, -0.05) is 6.07 Å². The third-order valence-corrected chi connectivity index (χ3v) is 5.70. The van der Waals surface area contributed by atoms with Crippen LogP contribution in [0.2, 0.25) is 0 Å². The number of aryl methyl sites for hydroxylation is 1. The normalized spacial score (nSPS) is 11.6. The van der Waals surface area contributed by atoms with Gasteiger partial charge in [-0.3, -0.25) is 14.9 Å². The number of nitrogens with one attached hydrogen (secondary N) is 1. The van der Waals surface area contributed by atoms with Gasteiger partial charge < -0.3 is 4.74 Å². The third kappa shape index (κ3) is 5.59. The van der Waals surface area contributed by atoms with E-state index in [0.717, 1.165) is 9.87 Å². The zero-order valence-corrected chi connectivity index (χ0v) is 16.8. The largest absolute Gasteiger partial charge is 0.495 e. The average Bonchev–Trinajstić information content (AvgIpc) is 2.68. The molecule has 1 amide bonds. The van der Waals surface area contributed by atoms with Crippen LogP contribution in [0.25, 0.3) is 0 Å². The Morgan fingerprint density at radius 2 is 1.93 bits per heavy atom. The Bertz CT molecular complexity index is 1030. The van der Waals surface area contributed by atoms with E-state index >= 15 is 0 Å². The predicted octanol–water partition coefficient (Wildman–Crippen LogP) is 1.68. The van der Waals surface area contributed by atoms with Gasteiger partial charge >= 0.3 is 0 Å². The Labute approximate surface area is 168 Å². The number of hydrogen-bond acceptors (Lipinski definition) is 7. The lowest BCUT2D eigenvalue weighted by Gasteiger charge is -2.18. The van der Waals surface area contributed by atoms with E-state index in [1.807, 2.05) is 0 Å². The number of sulfonamides is 1. The van der Waals surface area contributed by atoms with E-state index in [2.05, 4.69) is 10.5 Å². The monoisotopic (exact) mass is 420 g/mol. The first kappa shape index (κ1) is 22.0. The fourth-order valence-electron chi connectivity index (χ4n) is 2.34. The van der Waals surface area contributed by atoms with Crippen LogP contribution in [0, 0.1) is 17.0 Å². The first-order valence-corrected chi connectivity index (χ1v) is 9.76. The van der Waals surface area contributed by atoms with E-state index in [-0.39, 0.29) is 16.3 Å². The number of amides is 1. The lowest BCUT2D eigenvalue weighted by molar-refractivity contribution is -0.384. The van der Waals surface area contributed by atoms with Gasteiger partial charge in [-0.05, 0) is 42.3 Å². The maximum absolute atomic E-state index is 12.8. The first-order chi connectivity index (χ1) is 13.6. The first-order valence-electron chi connectivity index (χ1n) is 8.32. The Hall–Kier alpha value is -3.31. The minimum absolute atomic E-state index is 0.0373.